The molecule has 0 aliphatic carbocycles. The monoisotopic (exact) mass is 304 g/mol. The first-order valence-corrected chi connectivity index (χ1v) is 6.73. The zero-order chi connectivity index (χ0) is 15.6. The van der Waals surface area contributed by atoms with E-state index in [1.54, 1.807) is 14.0 Å². The fourth-order valence-electron chi connectivity index (χ4n) is 2.03. The zero-order valence-electron chi connectivity index (χ0n) is 12.3. The number of esters is 1. The molecule has 0 atom stereocenters. The number of carbonyl (C=O) groups is 1. The van der Waals surface area contributed by atoms with Gasteiger partial charge in [0, 0.05) is 11.3 Å². The van der Waals surface area contributed by atoms with E-state index in [1.165, 1.54) is 7.11 Å². The van der Waals surface area contributed by atoms with Gasteiger partial charge in [0.15, 0.2) is 0 Å². The van der Waals surface area contributed by atoms with E-state index in [0.717, 1.165) is 16.9 Å². The van der Waals surface area contributed by atoms with Crippen LogP contribution in [0.25, 0.3) is 11.4 Å². The lowest BCUT2D eigenvalue weighted by Crippen LogP contribution is -2.08. The maximum atomic E-state index is 11.7. The van der Waals surface area contributed by atoms with Gasteiger partial charge in [-0.25, -0.2) is 9.78 Å². The second-order valence-corrected chi connectivity index (χ2v) is 4.95. The molecule has 0 radical (unpaired) electrons. The van der Waals surface area contributed by atoms with Crippen molar-refractivity contribution in [1.82, 2.24) is 9.97 Å². The number of aromatic nitrogens is 2. The molecule has 1 aromatic heterocycles. The molecule has 0 saturated heterocycles. The van der Waals surface area contributed by atoms with Crippen LogP contribution < -0.4 is 4.74 Å². The Morgan fingerprint density at radius 1 is 1.29 bits per heavy atom. The molecule has 1 aromatic carbocycles. The summed E-state index contributed by atoms with van der Waals surface area (Å²) in [5, 5.41) is 0. The predicted molar refractivity (Wildman–Crippen MR) is 82.2 cm³/mol. The summed E-state index contributed by atoms with van der Waals surface area (Å²) in [7, 11) is 2.93. The van der Waals surface area contributed by atoms with Gasteiger partial charge >= 0.3 is 5.97 Å². The molecule has 5 nitrogen and oxygen atoms in total. The van der Waals surface area contributed by atoms with Gasteiger partial charge in [0.2, 0.25) is 0 Å². The van der Waals surface area contributed by atoms with Crippen LogP contribution >= 0.6 is 12.2 Å². The maximum absolute atomic E-state index is 11.7. The number of ether oxygens (including phenoxy) is 2. The largest absolute Gasteiger partial charge is 0.496 e. The van der Waals surface area contributed by atoms with E-state index in [4.69, 9.17) is 21.7 Å². The minimum Gasteiger partial charge on any atom is -0.496 e. The summed E-state index contributed by atoms with van der Waals surface area (Å²) in [5.41, 5.74) is 2.78. The summed E-state index contributed by atoms with van der Waals surface area (Å²) in [5.74, 6) is 0.862. The third-order valence-electron chi connectivity index (χ3n) is 3.18. The van der Waals surface area contributed by atoms with E-state index in [9.17, 15) is 4.79 Å². The number of hydrogen-bond acceptors (Lipinski definition) is 5. The average Bonchev–Trinajstić information content (AvgIpc) is 2.46. The van der Waals surface area contributed by atoms with Gasteiger partial charge in [-0.1, -0.05) is 24.4 Å². The number of nitrogens with one attached hydrogen (secondary N) is 1. The summed E-state index contributed by atoms with van der Waals surface area (Å²) < 4.78 is 10.2. The summed E-state index contributed by atoms with van der Waals surface area (Å²) in [6.07, 6.45) is 0. The Kier molecular flexibility index (Phi) is 4.37. The van der Waals surface area contributed by atoms with Crippen molar-refractivity contribution in [2.45, 2.75) is 13.8 Å². The molecular formula is C15H16N2O3S. The second kappa shape index (κ2) is 6.05. The normalized spacial score (nSPS) is 10.3. The van der Waals surface area contributed by atoms with Crippen LogP contribution in [0.15, 0.2) is 18.2 Å². The maximum Gasteiger partial charge on any atom is 0.342 e. The van der Waals surface area contributed by atoms with Crippen LogP contribution in [0.1, 0.15) is 21.6 Å². The van der Waals surface area contributed by atoms with Gasteiger partial charge in [0.05, 0.1) is 14.2 Å². The van der Waals surface area contributed by atoms with Crippen molar-refractivity contribution in [2.75, 3.05) is 14.2 Å². The molecule has 0 spiro atoms. The van der Waals surface area contributed by atoms with Gasteiger partial charge in [-0.05, 0) is 25.5 Å². The fraction of sp³-hybridized carbons (Fsp3) is 0.267. The quantitative estimate of drug-likeness (QED) is 0.697. The average molecular weight is 304 g/mol. The molecule has 2 rings (SSSR count). The Hall–Kier alpha value is -2.21. The first-order valence-electron chi connectivity index (χ1n) is 6.32. The Morgan fingerprint density at radius 2 is 2.00 bits per heavy atom. The van der Waals surface area contributed by atoms with E-state index in [2.05, 4.69) is 9.97 Å². The highest BCUT2D eigenvalue weighted by molar-refractivity contribution is 7.71. The first kappa shape index (κ1) is 15.2. The van der Waals surface area contributed by atoms with Gasteiger partial charge in [0.25, 0.3) is 0 Å². The number of nitrogens with zero attached hydrogens (tertiary/aromatic N) is 1. The van der Waals surface area contributed by atoms with Crippen LogP contribution in [0.2, 0.25) is 0 Å². The Balaban J connectivity index is 2.57. The molecule has 110 valence electrons. The fourth-order valence-corrected chi connectivity index (χ4v) is 2.36. The lowest BCUT2D eigenvalue weighted by atomic mass is 10.1. The highest BCUT2D eigenvalue weighted by Gasteiger charge is 2.15. The van der Waals surface area contributed by atoms with Crippen LogP contribution in [-0.4, -0.2) is 30.2 Å². The van der Waals surface area contributed by atoms with Gasteiger partial charge in [-0.15, -0.1) is 0 Å². The Morgan fingerprint density at radius 3 is 2.57 bits per heavy atom. The number of rotatable bonds is 3. The van der Waals surface area contributed by atoms with Crippen molar-refractivity contribution in [3.63, 3.8) is 0 Å². The summed E-state index contributed by atoms with van der Waals surface area (Å²) in [6, 6.07) is 5.74. The lowest BCUT2D eigenvalue weighted by Gasteiger charge is -2.10. The summed E-state index contributed by atoms with van der Waals surface area (Å²) in [6.45, 7) is 3.72. The summed E-state index contributed by atoms with van der Waals surface area (Å²) >= 11 is 5.19. The highest BCUT2D eigenvalue weighted by atomic mass is 32.1. The van der Waals surface area contributed by atoms with E-state index in [1.807, 2.05) is 25.1 Å². The van der Waals surface area contributed by atoms with Gasteiger partial charge < -0.3 is 14.5 Å². The first-order chi connectivity index (χ1) is 9.97. The molecule has 0 bridgehead atoms. The predicted octanol–water partition coefficient (Wildman–Crippen LogP) is 3.22. The van der Waals surface area contributed by atoms with Gasteiger partial charge in [-0.2, -0.15) is 0 Å². The molecule has 21 heavy (non-hydrogen) atoms. The van der Waals surface area contributed by atoms with Crippen LogP contribution in [-0.2, 0) is 4.74 Å². The lowest BCUT2D eigenvalue weighted by molar-refractivity contribution is 0.0598. The molecule has 0 aliphatic rings. The molecule has 1 heterocycles. The van der Waals surface area contributed by atoms with Crippen molar-refractivity contribution in [1.29, 1.82) is 0 Å². The van der Waals surface area contributed by atoms with E-state index in [-0.39, 0.29) is 10.2 Å². The smallest absolute Gasteiger partial charge is 0.342 e. The molecule has 1 N–H and O–H groups in total. The molecule has 0 unspecified atom stereocenters. The zero-order valence-corrected chi connectivity index (χ0v) is 13.1. The SMILES string of the molecule is COC(=O)c1c(C)[nH]c(-c2ccc(C)c(OC)c2)nc1=S. The molecular weight excluding hydrogens is 288 g/mol. The number of methoxy groups -OCH3 is 2. The molecule has 0 amide bonds. The number of carbonyl (C=O) groups excluding carboxylic acids is 1. The van der Waals surface area contributed by atoms with E-state index < -0.39 is 5.97 Å². The van der Waals surface area contributed by atoms with Crippen LogP contribution in [0.4, 0.5) is 0 Å². The standard InChI is InChI=1S/C15H16N2O3S/c1-8-5-6-10(7-11(8)19-3)13-16-9(2)12(14(21)17-13)15(18)20-4/h5-7H,1-4H3,(H,16,17,21). The van der Waals surface area contributed by atoms with Gasteiger partial charge in [-0.3, -0.25) is 0 Å². The number of H-pyrrole nitrogens is 1. The van der Waals surface area contributed by atoms with Crippen LogP contribution in [0.5, 0.6) is 5.75 Å². The van der Waals surface area contributed by atoms with E-state index >= 15 is 0 Å². The van der Waals surface area contributed by atoms with Crippen LogP contribution in [0, 0.1) is 18.5 Å². The van der Waals surface area contributed by atoms with Crippen LogP contribution in [0.3, 0.4) is 0 Å². The third kappa shape index (κ3) is 2.95. The highest BCUT2D eigenvalue weighted by Crippen LogP contribution is 2.25. The topological polar surface area (TPSA) is 64.2 Å². The van der Waals surface area contributed by atoms with Crippen molar-refractivity contribution in [3.8, 4) is 17.1 Å². The molecule has 0 saturated carbocycles. The van der Waals surface area contributed by atoms with Crippen molar-refractivity contribution in [2.24, 2.45) is 0 Å². The van der Waals surface area contributed by atoms with Gasteiger partial charge in [0.1, 0.15) is 21.8 Å². The van der Waals surface area contributed by atoms with Crippen molar-refractivity contribution in [3.05, 3.63) is 39.7 Å². The molecule has 0 aliphatic heterocycles. The number of aromatic amines is 1. The number of hydrogen-bond donors (Lipinski definition) is 1. The molecule has 2 aromatic rings. The van der Waals surface area contributed by atoms with Crippen molar-refractivity contribution >= 4 is 18.2 Å². The van der Waals surface area contributed by atoms with Crippen molar-refractivity contribution < 1.29 is 14.3 Å². The second-order valence-electron chi connectivity index (χ2n) is 4.57. The molecule has 0 fully saturated rings. The molecule has 6 heteroatoms. The Labute approximate surface area is 127 Å². The number of aryl methyl sites for hydroxylation is 2. The third-order valence-corrected chi connectivity index (χ3v) is 3.47. The van der Waals surface area contributed by atoms with E-state index in [0.29, 0.717) is 11.5 Å². The minimum atomic E-state index is -0.491. The number of benzene rings is 1. The minimum absolute atomic E-state index is 0.215. The summed E-state index contributed by atoms with van der Waals surface area (Å²) in [4.78, 5) is 19.0. The Bertz CT molecular complexity index is 753.